The molecule has 1 aliphatic rings. The summed E-state index contributed by atoms with van der Waals surface area (Å²) in [6.07, 6.45) is 1.68. The van der Waals surface area contributed by atoms with Crippen molar-refractivity contribution in [2.45, 2.75) is 4.90 Å². The van der Waals surface area contributed by atoms with E-state index in [-0.39, 0.29) is 11.7 Å². The average molecular weight is 536 g/mol. The minimum Gasteiger partial charge on any atom is -0.336 e. The molecule has 1 N–H and O–H groups in total. The molecule has 1 aromatic heterocycles. The summed E-state index contributed by atoms with van der Waals surface area (Å²) in [5.41, 5.74) is 3.01. The Labute approximate surface area is 221 Å². The number of hydrogen-bond acceptors (Lipinski definition) is 5. The molecule has 1 atom stereocenters. The van der Waals surface area contributed by atoms with E-state index in [1.54, 1.807) is 27.5 Å². The lowest BCUT2D eigenvalue weighted by molar-refractivity contribution is 0.0701. The molecule has 0 spiro atoms. The van der Waals surface area contributed by atoms with E-state index in [0.29, 0.717) is 47.6 Å². The van der Waals surface area contributed by atoms with E-state index in [1.165, 1.54) is 24.3 Å². The summed E-state index contributed by atoms with van der Waals surface area (Å²) in [6, 6.07) is 22.0. The number of benzene rings is 3. The fourth-order valence-electron chi connectivity index (χ4n) is 3.97. The number of nitrogens with zero attached hydrogens (tertiary/aromatic N) is 4. The number of rotatable bonds is 6. The van der Waals surface area contributed by atoms with Crippen LogP contribution in [-0.4, -0.2) is 55.5 Å². The molecule has 0 aliphatic carbocycles. The quantitative estimate of drug-likeness (QED) is 0.369. The molecule has 37 heavy (non-hydrogen) atoms. The molecule has 1 unspecified atom stereocenters. The smallest absolute Gasteiger partial charge is 0.253 e. The van der Waals surface area contributed by atoms with Gasteiger partial charge in [0.1, 0.15) is 16.8 Å². The Morgan fingerprint density at radius 3 is 2.24 bits per heavy atom. The highest BCUT2D eigenvalue weighted by Gasteiger charge is 2.25. The van der Waals surface area contributed by atoms with Crippen LogP contribution in [0.1, 0.15) is 10.4 Å². The minimum atomic E-state index is -1.39. The van der Waals surface area contributed by atoms with Gasteiger partial charge in [-0.15, -0.1) is 0 Å². The lowest BCUT2D eigenvalue weighted by Gasteiger charge is -2.33. The zero-order valence-electron chi connectivity index (χ0n) is 19.7. The summed E-state index contributed by atoms with van der Waals surface area (Å²) in [5.74, 6) is -0.00656. The predicted octanol–water partition coefficient (Wildman–Crippen LogP) is 5.16. The van der Waals surface area contributed by atoms with Crippen LogP contribution in [0.15, 0.2) is 90.0 Å². The van der Waals surface area contributed by atoms with Gasteiger partial charge in [-0.2, -0.15) is 0 Å². The molecule has 2 heterocycles. The Morgan fingerprint density at radius 2 is 1.57 bits per heavy atom. The highest BCUT2D eigenvalue weighted by atomic mass is 35.5. The number of halogens is 2. The fourth-order valence-corrected chi connectivity index (χ4v) is 5.25. The first-order valence-corrected chi connectivity index (χ1v) is 13.1. The molecule has 4 aromatic rings. The standard InChI is InChI=1S/C27H23ClFN5O2S/c28-21-5-1-19(2-6-21)25-13-14-30-27(32-25)31-23-9-3-20(4-10-23)26(35)33-15-17-34(18-16-33)37(36)24-11-7-22(29)8-12-24/h1-14H,15-18H2,(H,30,31,32). The largest absolute Gasteiger partial charge is 0.336 e. The first kappa shape index (κ1) is 25.0. The molecule has 1 amide bonds. The van der Waals surface area contributed by atoms with Crippen molar-refractivity contribution >= 4 is 40.1 Å². The second-order valence-electron chi connectivity index (χ2n) is 8.40. The Bertz CT molecular complexity index is 1410. The lowest BCUT2D eigenvalue weighted by atomic mass is 10.1. The monoisotopic (exact) mass is 535 g/mol. The van der Waals surface area contributed by atoms with Gasteiger partial charge >= 0.3 is 0 Å². The van der Waals surface area contributed by atoms with Crippen LogP contribution in [-0.2, 0) is 11.0 Å². The Kier molecular flexibility index (Phi) is 7.55. The van der Waals surface area contributed by atoms with E-state index in [9.17, 15) is 13.4 Å². The maximum Gasteiger partial charge on any atom is 0.253 e. The van der Waals surface area contributed by atoms with Gasteiger partial charge in [0, 0.05) is 54.2 Å². The van der Waals surface area contributed by atoms with Crippen molar-refractivity contribution in [2.75, 3.05) is 31.5 Å². The number of nitrogens with one attached hydrogen (secondary N) is 1. The summed E-state index contributed by atoms with van der Waals surface area (Å²) in [7, 11) is -1.39. The van der Waals surface area contributed by atoms with Gasteiger partial charge < -0.3 is 10.2 Å². The Balaban J connectivity index is 1.18. The van der Waals surface area contributed by atoms with Gasteiger partial charge in [0.2, 0.25) is 5.95 Å². The third-order valence-electron chi connectivity index (χ3n) is 5.96. The van der Waals surface area contributed by atoms with Crippen molar-refractivity contribution in [3.05, 3.63) is 101 Å². The van der Waals surface area contributed by atoms with Crippen molar-refractivity contribution in [1.82, 2.24) is 19.2 Å². The summed E-state index contributed by atoms with van der Waals surface area (Å²) in [5, 5.41) is 3.83. The van der Waals surface area contributed by atoms with Gasteiger partial charge in [0.25, 0.3) is 5.91 Å². The van der Waals surface area contributed by atoms with Crippen molar-refractivity contribution < 1.29 is 13.4 Å². The molecule has 0 saturated carbocycles. The van der Waals surface area contributed by atoms with Crippen LogP contribution in [0.3, 0.4) is 0 Å². The predicted molar refractivity (Wildman–Crippen MR) is 142 cm³/mol. The topological polar surface area (TPSA) is 78.4 Å². The van der Waals surface area contributed by atoms with Crippen LogP contribution >= 0.6 is 11.6 Å². The number of carbonyl (C=O) groups excluding carboxylic acids is 1. The minimum absolute atomic E-state index is 0.0836. The van der Waals surface area contributed by atoms with Crippen LogP contribution < -0.4 is 5.32 Å². The van der Waals surface area contributed by atoms with Gasteiger partial charge in [0.15, 0.2) is 0 Å². The zero-order chi connectivity index (χ0) is 25.8. The van der Waals surface area contributed by atoms with E-state index in [1.807, 2.05) is 42.5 Å². The maximum absolute atomic E-state index is 13.1. The molecule has 1 fully saturated rings. The molecule has 0 radical (unpaired) electrons. The zero-order valence-corrected chi connectivity index (χ0v) is 21.3. The molecular formula is C27H23ClFN5O2S. The van der Waals surface area contributed by atoms with Crippen LogP contribution in [0.5, 0.6) is 0 Å². The first-order chi connectivity index (χ1) is 18.0. The van der Waals surface area contributed by atoms with E-state index < -0.39 is 11.0 Å². The van der Waals surface area contributed by atoms with Gasteiger partial charge in [-0.25, -0.2) is 22.9 Å². The normalized spacial score (nSPS) is 14.8. The third-order valence-corrected chi connectivity index (χ3v) is 7.72. The second kappa shape index (κ2) is 11.2. The van der Waals surface area contributed by atoms with Crippen LogP contribution in [0, 0.1) is 5.82 Å². The fraction of sp³-hybridized carbons (Fsp3) is 0.148. The van der Waals surface area contributed by atoms with Crippen molar-refractivity contribution in [3.63, 3.8) is 0 Å². The molecule has 5 rings (SSSR count). The van der Waals surface area contributed by atoms with Crippen LogP contribution in [0.2, 0.25) is 5.02 Å². The summed E-state index contributed by atoms with van der Waals surface area (Å²) >= 11 is 5.97. The molecule has 0 bridgehead atoms. The summed E-state index contributed by atoms with van der Waals surface area (Å²) < 4.78 is 27.7. The molecule has 188 valence electrons. The Hall–Kier alpha value is -3.66. The number of hydrogen-bond donors (Lipinski definition) is 1. The highest BCUT2D eigenvalue weighted by molar-refractivity contribution is 7.82. The van der Waals surface area contributed by atoms with Crippen LogP contribution in [0.25, 0.3) is 11.3 Å². The molecule has 1 saturated heterocycles. The van der Waals surface area contributed by atoms with E-state index >= 15 is 0 Å². The van der Waals surface area contributed by atoms with Gasteiger partial charge in [-0.3, -0.25) is 4.79 Å². The Morgan fingerprint density at radius 1 is 0.892 bits per heavy atom. The molecule has 7 nitrogen and oxygen atoms in total. The molecule has 3 aromatic carbocycles. The molecule has 10 heteroatoms. The average Bonchev–Trinajstić information content (AvgIpc) is 2.94. The number of carbonyl (C=O) groups is 1. The number of anilines is 2. The summed E-state index contributed by atoms with van der Waals surface area (Å²) in [6.45, 7) is 1.85. The van der Waals surface area contributed by atoms with Crippen molar-refractivity contribution in [1.29, 1.82) is 0 Å². The maximum atomic E-state index is 13.1. The van der Waals surface area contributed by atoms with E-state index in [2.05, 4.69) is 15.3 Å². The van der Waals surface area contributed by atoms with Crippen molar-refractivity contribution in [2.24, 2.45) is 0 Å². The van der Waals surface area contributed by atoms with Crippen molar-refractivity contribution in [3.8, 4) is 11.3 Å². The van der Waals surface area contributed by atoms with Gasteiger partial charge in [-0.1, -0.05) is 23.7 Å². The highest BCUT2D eigenvalue weighted by Crippen LogP contribution is 2.22. The van der Waals surface area contributed by atoms with E-state index in [4.69, 9.17) is 11.6 Å². The van der Waals surface area contributed by atoms with Gasteiger partial charge in [0.05, 0.1) is 10.6 Å². The van der Waals surface area contributed by atoms with E-state index in [0.717, 1.165) is 16.9 Å². The SMILES string of the molecule is O=C(c1ccc(Nc2nccc(-c3ccc(Cl)cc3)n2)cc1)N1CCN(S(=O)c2ccc(F)cc2)CC1. The number of aromatic nitrogens is 2. The third kappa shape index (κ3) is 6.02. The summed E-state index contributed by atoms with van der Waals surface area (Å²) in [4.78, 5) is 24.2. The molecular weight excluding hydrogens is 513 g/mol. The second-order valence-corrected chi connectivity index (χ2v) is 10.3. The van der Waals surface area contributed by atoms with Gasteiger partial charge in [-0.05, 0) is 66.7 Å². The molecule has 1 aliphatic heterocycles. The first-order valence-electron chi connectivity index (χ1n) is 11.6. The lowest BCUT2D eigenvalue weighted by Crippen LogP contribution is -2.49. The van der Waals surface area contributed by atoms with Crippen LogP contribution in [0.4, 0.5) is 16.0 Å². The number of piperazine rings is 1. The number of amides is 1.